The molecule has 1 amide bonds. The molecule has 0 aromatic heterocycles. The molecule has 1 heterocycles. The zero-order chi connectivity index (χ0) is 16.7. The van der Waals surface area contributed by atoms with Gasteiger partial charge in [0, 0.05) is 18.8 Å². The highest BCUT2D eigenvalue weighted by atomic mass is 35.5. The molecule has 1 atom stereocenters. The van der Waals surface area contributed by atoms with Crippen molar-refractivity contribution in [1.82, 2.24) is 9.62 Å². The molecule has 2 rings (SSSR count). The Morgan fingerprint density at radius 1 is 1.25 bits per heavy atom. The summed E-state index contributed by atoms with van der Waals surface area (Å²) in [7, 11) is -3.17. The van der Waals surface area contributed by atoms with E-state index in [1.165, 1.54) is 0 Å². The molecule has 142 valence electrons. The fourth-order valence-electron chi connectivity index (χ4n) is 3.14. The second kappa shape index (κ2) is 10.9. The van der Waals surface area contributed by atoms with Crippen LogP contribution in [-0.4, -0.2) is 55.2 Å². The first-order valence-corrected chi connectivity index (χ1v) is 11.3. The van der Waals surface area contributed by atoms with E-state index < -0.39 is 16.1 Å². The van der Waals surface area contributed by atoms with Crippen LogP contribution in [0.2, 0.25) is 0 Å². The number of carbonyl (C=O) groups excluding carboxylic acids is 1. The van der Waals surface area contributed by atoms with Gasteiger partial charge in [0.15, 0.2) is 0 Å². The van der Waals surface area contributed by atoms with Gasteiger partial charge in [0.1, 0.15) is 0 Å². The minimum absolute atomic E-state index is 0. The maximum atomic E-state index is 12.2. The van der Waals surface area contributed by atoms with Gasteiger partial charge in [-0.1, -0.05) is 25.7 Å². The van der Waals surface area contributed by atoms with Gasteiger partial charge < -0.3 is 10.6 Å². The highest BCUT2D eigenvalue weighted by Gasteiger charge is 2.27. The summed E-state index contributed by atoms with van der Waals surface area (Å²) >= 11 is 1.75. The molecule has 0 aromatic carbocycles. The van der Waals surface area contributed by atoms with Crippen LogP contribution in [0.25, 0.3) is 0 Å². The number of sulfonamides is 1. The van der Waals surface area contributed by atoms with Crippen LogP contribution in [-0.2, 0) is 14.8 Å². The highest BCUT2D eigenvalue weighted by Crippen LogP contribution is 2.23. The molecule has 6 nitrogen and oxygen atoms in total. The maximum Gasteiger partial charge on any atom is 0.240 e. The van der Waals surface area contributed by atoms with Crippen LogP contribution < -0.4 is 10.5 Å². The summed E-state index contributed by atoms with van der Waals surface area (Å²) in [5.74, 6) is 1.76. The van der Waals surface area contributed by atoms with Crippen molar-refractivity contribution in [1.29, 1.82) is 0 Å². The van der Waals surface area contributed by atoms with Crippen molar-refractivity contribution in [2.24, 2.45) is 5.73 Å². The van der Waals surface area contributed by atoms with E-state index in [4.69, 9.17) is 5.73 Å². The molecule has 0 spiro atoms. The largest absolute Gasteiger partial charge is 0.331 e. The van der Waals surface area contributed by atoms with Crippen molar-refractivity contribution in [3.05, 3.63) is 0 Å². The van der Waals surface area contributed by atoms with E-state index in [9.17, 15) is 13.2 Å². The number of nitrogens with two attached hydrogens (primary N) is 1. The van der Waals surface area contributed by atoms with Crippen molar-refractivity contribution in [2.45, 2.75) is 62.7 Å². The molecule has 0 radical (unpaired) electrons. The predicted octanol–water partition coefficient (Wildman–Crippen LogP) is 1.69. The van der Waals surface area contributed by atoms with Gasteiger partial charge in [0.2, 0.25) is 15.9 Å². The number of unbranched alkanes of at least 4 members (excludes halogenated alkanes) is 1. The Morgan fingerprint density at radius 3 is 2.58 bits per heavy atom. The van der Waals surface area contributed by atoms with Crippen LogP contribution in [0.4, 0.5) is 0 Å². The van der Waals surface area contributed by atoms with Crippen molar-refractivity contribution >= 4 is 40.1 Å². The third kappa shape index (κ3) is 6.71. The Balaban J connectivity index is 0.00000288. The molecule has 2 fully saturated rings. The van der Waals surface area contributed by atoms with E-state index in [1.807, 2.05) is 0 Å². The van der Waals surface area contributed by atoms with E-state index in [-0.39, 0.29) is 23.6 Å². The first kappa shape index (κ1) is 22.0. The Hall–Kier alpha value is -0.0200. The van der Waals surface area contributed by atoms with E-state index in [2.05, 4.69) is 4.72 Å². The standard InChI is InChI=1S/C15H29N3O3S2.ClH/c16-14(15(19)18-10-11-22-12-18)8-4-5-9-17-23(20,21)13-6-2-1-3-7-13;/h13-14,17H,1-12,16H2;1H/t14-;/m0./s1. The molecule has 24 heavy (non-hydrogen) atoms. The zero-order valence-corrected chi connectivity index (χ0v) is 16.6. The summed E-state index contributed by atoms with van der Waals surface area (Å²) in [6.45, 7) is 1.23. The smallest absolute Gasteiger partial charge is 0.240 e. The Bertz CT molecular complexity index is 478. The number of carbonyl (C=O) groups is 1. The fraction of sp³-hybridized carbons (Fsp3) is 0.933. The summed E-state index contributed by atoms with van der Waals surface area (Å²) in [4.78, 5) is 13.9. The topological polar surface area (TPSA) is 92.5 Å². The molecule has 1 saturated carbocycles. The molecular formula is C15H30ClN3O3S2. The average molecular weight is 400 g/mol. The molecule has 2 aliphatic rings. The molecule has 0 aromatic rings. The Labute approximate surface area is 156 Å². The number of thioether (sulfide) groups is 1. The number of nitrogens with zero attached hydrogens (tertiary/aromatic N) is 1. The quantitative estimate of drug-likeness (QED) is 0.606. The van der Waals surface area contributed by atoms with Crippen LogP contribution in [0.1, 0.15) is 51.4 Å². The predicted molar refractivity (Wildman–Crippen MR) is 102 cm³/mol. The SMILES string of the molecule is Cl.N[C@@H](CCCCNS(=O)(=O)C1CCCCC1)C(=O)N1CCSC1. The summed E-state index contributed by atoms with van der Waals surface area (Å²) in [5.41, 5.74) is 5.94. The lowest BCUT2D eigenvalue weighted by Gasteiger charge is -2.22. The fourth-order valence-corrected chi connectivity index (χ4v) is 5.72. The molecule has 3 N–H and O–H groups in total. The highest BCUT2D eigenvalue weighted by molar-refractivity contribution is 7.99. The normalized spacial score (nSPS) is 20.6. The molecular weight excluding hydrogens is 370 g/mol. The monoisotopic (exact) mass is 399 g/mol. The second-order valence-electron chi connectivity index (χ2n) is 6.44. The van der Waals surface area contributed by atoms with Crippen LogP contribution in [0.15, 0.2) is 0 Å². The lowest BCUT2D eigenvalue weighted by atomic mass is 10.0. The van der Waals surface area contributed by atoms with Gasteiger partial charge in [-0.2, -0.15) is 0 Å². The number of amides is 1. The number of hydrogen-bond donors (Lipinski definition) is 2. The zero-order valence-electron chi connectivity index (χ0n) is 14.1. The molecule has 1 saturated heterocycles. The lowest BCUT2D eigenvalue weighted by Crippen LogP contribution is -2.42. The van der Waals surface area contributed by atoms with E-state index >= 15 is 0 Å². The van der Waals surface area contributed by atoms with E-state index in [0.717, 1.165) is 63.1 Å². The van der Waals surface area contributed by atoms with Gasteiger partial charge in [-0.3, -0.25) is 4.79 Å². The Morgan fingerprint density at radius 2 is 1.96 bits per heavy atom. The van der Waals surface area contributed by atoms with Gasteiger partial charge in [0.05, 0.1) is 17.2 Å². The third-order valence-corrected chi connectivity index (χ3v) is 7.54. The van der Waals surface area contributed by atoms with Gasteiger partial charge in [-0.05, 0) is 25.7 Å². The van der Waals surface area contributed by atoms with Gasteiger partial charge in [0.25, 0.3) is 0 Å². The number of rotatable bonds is 8. The van der Waals surface area contributed by atoms with Crippen LogP contribution in [0, 0.1) is 0 Å². The van der Waals surface area contributed by atoms with Crippen molar-refractivity contribution in [3.8, 4) is 0 Å². The molecule has 9 heteroatoms. The molecule has 1 aliphatic carbocycles. The first-order valence-electron chi connectivity index (χ1n) is 8.61. The minimum atomic E-state index is -3.17. The number of halogens is 1. The van der Waals surface area contributed by atoms with Gasteiger partial charge in [-0.25, -0.2) is 13.1 Å². The van der Waals surface area contributed by atoms with Crippen molar-refractivity contribution < 1.29 is 13.2 Å². The van der Waals surface area contributed by atoms with Crippen molar-refractivity contribution in [2.75, 3.05) is 24.7 Å². The maximum absolute atomic E-state index is 12.2. The second-order valence-corrected chi connectivity index (χ2v) is 9.56. The molecule has 0 unspecified atom stereocenters. The van der Waals surface area contributed by atoms with E-state index in [0.29, 0.717) is 13.0 Å². The average Bonchev–Trinajstić information content (AvgIpc) is 3.09. The van der Waals surface area contributed by atoms with Crippen LogP contribution in [0.5, 0.6) is 0 Å². The van der Waals surface area contributed by atoms with Crippen LogP contribution in [0.3, 0.4) is 0 Å². The first-order chi connectivity index (χ1) is 11.0. The number of hydrogen-bond acceptors (Lipinski definition) is 5. The minimum Gasteiger partial charge on any atom is -0.331 e. The van der Waals surface area contributed by atoms with E-state index in [1.54, 1.807) is 16.7 Å². The summed E-state index contributed by atoms with van der Waals surface area (Å²) < 4.78 is 27.1. The third-order valence-electron chi connectivity index (χ3n) is 4.62. The summed E-state index contributed by atoms with van der Waals surface area (Å²) in [6.07, 6.45) is 6.83. The van der Waals surface area contributed by atoms with Gasteiger partial charge >= 0.3 is 0 Å². The summed E-state index contributed by atoms with van der Waals surface area (Å²) in [5, 5.41) is -0.215. The van der Waals surface area contributed by atoms with Crippen molar-refractivity contribution in [3.63, 3.8) is 0 Å². The summed E-state index contributed by atoms with van der Waals surface area (Å²) in [6, 6.07) is -0.455. The Kier molecular flexibility index (Phi) is 9.96. The van der Waals surface area contributed by atoms with Crippen LogP contribution >= 0.6 is 24.2 Å². The number of nitrogens with one attached hydrogen (secondary N) is 1. The molecule has 0 bridgehead atoms. The lowest BCUT2D eigenvalue weighted by molar-refractivity contribution is -0.131. The van der Waals surface area contributed by atoms with Gasteiger partial charge in [-0.15, -0.1) is 24.2 Å². The molecule has 1 aliphatic heterocycles.